The van der Waals surface area contributed by atoms with Crippen LogP contribution in [0.15, 0.2) is 53.8 Å². The summed E-state index contributed by atoms with van der Waals surface area (Å²) in [6.07, 6.45) is 2.31. The van der Waals surface area contributed by atoms with Gasteiger partial charge in [0.1, 0.15) is 29.5 Å². The summed E-state index contributed by atoms with van der Waals surface area (Å²) in [5, 5.41) is 14.1. The van der Waals surface area contributed by atoms with E-state index in [1.54, 1.807) is 37.0 Å². The minimum absolute atomic E-state index is 0.152. The predicted molar refractivity (Wildman–Crippen MR) is 130 cm³/mol. The van der Waals surface area contributed by atoms with Crippen LogP contribution in [0, 0.1) is 12.7 Å². The molecule has 184 valence electrons. The Morgan fingerprint density at radius 3 is 2.60 bits per heavy atom. The van der Waals surface area contributed by atoms with Gasteiger partial charge in [-0.25, -0.2) is 13.5 Å². The van der Waals surface area contributed by atoms with Gasteiger partial charge in [-0.15, -0.1) is 9.40 Å². The highest BCUT2D eigenvalue weighted by Gasteiger charge is 2.37. The maximum atomic E-state index is 14.1. The van der Waals surface area contributed by atoms with Crippen molar-refractivity contribution in [3.8, 4) is 5.69 Å². The van der Waals surface area contributed by atoms with Crippen molar-refractivity contribution in [2.75, 3.05) is 26.2 Å². The number of benzene rings is 2. The van der Waals surface area contributed by atoms with Gasteiger partial charge in [0, 0.05) is 25.5 Å². The Kier molecular flexibility index (Phi) is 6.58. The largest absolute Gasteiger partial charge is 0.591 e. The second kappa shape index (κ2) is 9.65. The molecule has 35 heavy (non-hydrogen) atoms. The van der Waals surface area contributed by atoms with E-state index < -0.39 is 17.5 Å². The highest BCUT2D eigenvalue weighted by Crippen LogP contribution is 2.33. The predicted octanol–water partition coefficient (Wildman–Crippen LogP) is 3.34. The number of nitrogens with zero attached hydrogens (tertiary/aromatic N) is 7. The summed E-state index contributed by atoms with van der Waals surface area (Å²) in [5.74, 6) is -0.299. The molecule has 3 heterocycles. The van der Waals surface area contributed by atoms with E-state index in [1.807, 2.05) is 11.2 Å². The third-order valence-corrected chi connectivity index (χ3v) is 7.66. The summed E-state index contributed by atoms with van der Waals surface area (Å²) in [4.78, 5) is 3.51. The molecule has 0 N–H and O–H groups in total. The number of rotatable bonds is 6. The molecule has 3 unspecified atom stereocenters. The number of fused-ring (bicyclic) bond motifs is 1. The molecular weight excluding hydrogens is 472 g/mol. The van der Waals surface area contributed by atoms with Crippen LogP contribution in [0.3, 0.4) is 0 Å². The van der Waals surface area contributed by atoms with Gasteiger partial charge >= 0.3 is 5.03 Å². The molecule has 11 heteroatoms. The van der Waals surface area contributed by atoms with Crippen molar-refractivity contribution in [1.29, 1.82) is 0 Å². The van der Waals surface area contributed by atoms with E-state index in [1.165, 1.54) is 23.1 Å². The molecule has 2 aromatic carbocycles. The number of hydrogen-bond donors (Lipinski definition) is 0. The van der Waals surface area contributed by atoms with Crippen LogP contribution in [0.5, 0.6) is 0 Å². The topological polar surface area (TPSA) is 78.1 Å². The maximum Gasteiger partial charge on any atom is 0.304 e. The fourth-order valence-corrected chi connectivity index (χ4v) is 5.78. The molecule has 3 atom stereocenters. The lowest BCUT2D eigenvalue weighted by atomic mass is 9.96. The molecule has 1 aliphatic heterocycles. The molecule has 0 bridgehead atoms. The van der Waals surface area contributed by atoms with Crippen LogP contribution in [0.1, 0.15) is 24.1 Å². The van der Waals surface area contributed by atoms with Crippen molar-refractivity contribution in [3.05, 3.63) is 65.7 Å². The lowest BCUT2D eigenvalue weighted by molar-refractivity contribution is 0.0917. The molecule has 0 saturated carbocycles. The van der Waals surface area contributed by atoms with Gasteiger partial charge in [0.05, 0.1) is 36.5 Å². The van der Waals surface area contributed by atoms with Gasteiger partial charge in [-0.05, 0) is 61.4 Å². The third kappa shape index (κ3) is 4.81. The molecule has 2 aromatic heterocycles. The number of aromatic nitrogens is 5. The number of aryl methyl sites for hydroxylation is 2. The van der Waals surface area contributed by atoms with Gasteiger partial charge in [-0.1, -0.05) is 0 Å². The van der Waals surface area contributed by atoms with E-state index >= 15 is 0 Å². The van der Waals surface area contributed by atoms with Gasteiger partial charge in [0.15, 0.2) is 0 Å². The van der Waals surface area contributed by atoms with Gasteiger partial charge in [0.2, 0.25) is 0 Å². The van der Waals surface area contributed by atoms with Gasteiger partial charge in [0.25, 0.3) is 0 Å². The van der Waals surface area contributed by atoms with Crippen LogP contribution >= 0.6 is 0 Å². The summed E-state index contributed by atoms with van der Waals surface area (Å²) in [6, 6.07) is 10.2. The number of piperazine rings is 1. The van der Waals surface area contributed by atoms with E-state index in [4.69, 9.17) is 0 Å². The smallest absolute Gasteiger partial charge is 0.304 e. The normalized spacial score (nSPS) is 19.3. The minimum atomic E-state index is -1.46. The average molecular weight is 500 g/mol. The Morgan fingerprint density at radius 2 is 1.91 bits per heavy atom. The SMILES string of the molecule is Cc1cc2c(cnn2-c2ccc(F)cc2)cc1C1CN([S+]([O-])c2cnn(C)n2)CCN1CC(C)F. The monoisotopic (exact) mass is 499 g/mol. The van der Waals surface area contributed by atoms with Crippen molar-refractivity contribution >= 4 is 22.3 Å². The second-order valence-corrected chi connectivity index (χ2v) is 10.3. The van der Waals surface area contributed by atoms with E-state index in [0.29, 0.717) is 31.2 Å². The lowest BCUT2D eigenvalue weighted by Crippen LogP contribution is -2.51. The van der Waals surface area contributed by atoms with Crippen molar-refractivity contribution < 1.29 is 13.3 Å². The second-order valence-electron chi connectivity index (χ2n) is 8.90. The van der Waals surface area contributed by atoms with Crippen LogP contribution in [0.4, 0.5) is 8.78 Å². The first-order valence-corrected chi connectivity index (χ1v) is 12.6. The van der Waals surface area contributed by atoms with Crippen molar-refractivity contribution in [2.45, 2.75) is 31.1 Å². The fourth-order valence-electron chi connectivity index (χ4n) is 4.67. The zero-order valence-electron chi connectivity index (χ0n) is 19.8. The number of hydrogen-bond acceptors (Lipinski definition) is 6. The summed E-state index contributed by atoms with van der Waals surface area (Å²) >= 11 is -1.46. The Labute approximate surface area is 205 Å². The van der Waals surface area contributed by atoms with Crippen molar-refractivity contribution in [3.63, 3.8) is 0 Å². The molecule has 0 spiro atoms. The molecule has 4 aromatic rings. The first kappa shape index (κ1) is 23.9. The summed E-state index contributed by atoms with van der Waals surface area (Å²) in [7, 11) is 1.69. The number of alkyl halides is 1. The maximum absolute atomic E-state index is 14.1. The molecule has 8 nitrogen and oxygen atoms in total. The lowest BCUT2D eigenvalue weighted by Gasteiger charge is -2.41. The molecule has 1 aliphatic rings. The zero-order valence-corrected chi connectivity index (χ0v) is 20.6. The Balaban J connectivity index is 1.49. The van der Waals surface area contributed by atoms with E-state index in [0.717, 1.165) is 27.7 Å². The number of halogens is 2. The van der Waals surface area contributed by atoms with Crippen molar-refractivity contribution in [2.24, 2.45) is 7.05 Å². The van der Waals surface area contributed by atoms with E-state index in [-0.39, 0.29) is 11.9 Å². The quantitative estimate of drug-likeness (QED) is 0.379. The van der Waals surface area contributed by atoms with Crippen LogP contribution in [-0.2, 0) is 18.4 Å². The molecule has 5 rings (SSSR count). The van der Waals surface area contributed by atoms with Gasteiger partial charge < -0.3 is 4.55 Å². The summed E-state index contributed by atoms with van der Waals surface area (Å²) in [6.45, 7) is 5.46. The highest BCUT2D eigenvalue weighted by atomic mass is 32.2. The first-order chi connectivity index (χ1) is 16.8. The summed E-state index contributed by atoms with van der Waals surface area (Å²) in [5.41, 5.74) is 3.73. The average Bonchev–Trinajstić information content (AvgIpc) is 3.44. The fraction of sp³-hybridized carbons (Fsp3) is 0.375. The molecule has 0 amide bonds. The van der Waals surface area contributed by atoms with E-state index in [9.17, 15) is 13.3 Å². The minimum Gasteiger partial charge on any atom is -0.591 e. The van der Waals surface area contributed by atoms with E-state index in [2.05, 4.69) is 32.3 Å². The molecule has 0 aliphatic carbocycles. The summed E-state index contributed by atoms with van der Waals surface area (Å²) < 4.78 is 44.3. The van der Waals surface area contributed by atoms with Crippen LogP contribution in [-0.4, -0.2) is 70.9 Å². The highest BCUT2D eigenvalue weighted by molar-refractivity contribution is 7.89. The van der Waals surface area contributed by atoms with Crippen LogP contribution in [0.2, 0.25) is 0 Å². The van der Waals surface area contributed by atoms with Gasteiger partial charge in [-0.2, -0.15) is 15.0 Å². The third-order valence-electron chi connectivity index (χ3n) is 6.32. The van der Waals surface area contributed by atoms with Crippen LogP contribution in [0.25, 0.3) is 16.6 Å². The van der Waals surface area contributed by atoms with Crippen LogP contribution < -0.4 is 0 Å². The molecule has 1 saturated heterocycles. The molecular formula is C24H27F2N7OS. The molecule has 0 radical (unpaired) electrons. The van der Waals surface area contributed by atoms with Crippen molar-refractivity contribution in [1.82, 2.24) is 34.0 Å². The Bertz CT molecular complexity index is 1320. The molecule has 1 fully saturated rings. The Morgan fingerprint density at radius 1 is 1.14 bits per heavy atom. The Hall–Kier alpha value is -2.86. The van der Waals surface area contributed by atoms with Gasteiger partial charge in [-0.3, -0.25) is 4.90 Å². The first-order valence-electron chi connectivity index (χ1n) is 11.5. The zero-order chi connectivity index (χ0) is 24.7. The standard InChI is InChI=1S/C24H27F2N7OS/c1-16-10-22-18(12-28-33(22)20-6-4-19(26)5-7-20)11-21(16)23-15-32(9-8-31(23)14-17(2)25)35(34)24-13-27-30(3)29-24/h4-7,10-13,17,23H,8-9,14-15H2,1-3H3.